The third-order valence-corrected chi connectivity index (χ3v) is 4.33. The molecule has 2 aliphatic rings. The van der Waals surface area contributed by atoms with Crippen LogP contribution < -0.4 is 5.32 Å². The summed E-state index contributed by atoms with van der Waals surface area (Å²) < 4.78 is 7.61. The van der Waals surface area contributed by atoms with Gasteiger partial charge in [0, 0.05) is 43.9 Å². The predicted octanol–water partition coefficient (Wildman–Crippen LogP) is 1.91. The number of ether oxygens (including phenoxy) is 1. The highest BCUT2D eigenvalue weighted by atomic mass is 16.5. The molecule has 18 heavy (non-hydrogen) atoms. The minimum atomic E-state index is 0.461. The molecule has 1 saturated carbocycles. The van der Waals surface area contributed by atoms with Gasteiger partial charge in [0.2, 0.25) is 0 Å². The number of aromatic nitrogens is 2. The summed E-state index contributed by atoms with van der Waals surface area (Å²) in [5.41, 5.74) is 2.78. The number of rotatable bonds is 4. The van der Waals surface area contributed by atoms with Gasteiger partial charge in [-0.3, -0.25) is 4.68 Å². The molecule has 0 saturated heterocycles. The molecule has 0 bridgehead atoms. The lowest BCUT2D eigenvalue weighted by molar-refractivity contribution is 0.170. The second-order valence-electron chi connectivity index (χ2n) is 5.67. The molecule has 0 spiro atoms. The summed E-state index contributed by atoms with van der Waals surface area (Å²) in [6, 6.07) is 0. The van der Waals surface area contributed by atoms with Gasteiger partial charge in [-0.2, -0.15) is 5.10 Å². The molecular formula is C14H23N3O. The van der Waals surface area contributed by atoms with Gasteiger partial charge in [-0.05, 0) is 18.8 Å². The van der Waals surface area contributed by atoms with Crippen LogP contribution in [-0.2, 0) is 17.8 Å². The summed E-state index contributed by atoms with van der Waals surface area (Å²) in [5, 5.41) is 8.06. The molecule has 100 valence electrons. The maximum absolute atomic E-state index is 5.35. The molecule has 1 atom stereocenters. The highest BCUT2D eigenvalue weighted by Gasteiger charge is 2.26. The van der Waals surface area contributed by atoms with Gasteiger partial charge in [-0.1, -0.05) is 12.8 Å². The topological polar surface area (TPSA) is 39.1 Å². The maximum Gasteiger partial charge on any atom is 0.0558 e. The van der Waals surface area contributed by atoms with Crippen LogP contribution in [0.1, 0.15) is 42.9 Å². The van der Waals surface area contributed by atoms with Crippen molar-refractivity contribution in [1.82, 2.24) is 15.1 Å². The molecule has 0 aromatic carbocycles. The quantitative estimate of drug-likeness (QED) is 0.886. The van der Waals surface area contributed by atoms with E-state index in [0.29, 0.717) is 5.92 Å². The van der Waals surface area contributed by atoms with Crippen molar-refractivity contribution in [1.29, 1.82) is 0 Å². The van der Waals surface area contributed by atoms with Gasteiger partial charge in [0.05, 0.1) is 12.8 Å². The fourth-order valence-corrected chi connectivity index (χ4v) is 3.44. The molecule has 1 fully saturated rings. The first-order valence-electron chi connectivity index (χ1n) is 7.12. The number of fused-ring (bicyclic) bond motifs is 1. The Morgan fingerprint density at radius 2 is 2.28 bits per heavy atom. The van der Waals surface area contributed by atoms with Crippen LogP contribution >= 0.6 is 0 Å². The normalized spacial score (nSPS) is 24.4. The van der Waals surface area contributed by atoms with Gasteiger partial charge < -0.3 is 10.1 Å². The molecule has 1 aromatic heterocycles. The largest absolute Gasteiger partial charge is 0.384 e. The average molecular weight is 249 g/mol. The zero-order chi connectivity index (χ0) is 12.4. The molecule has 2 heterocycles. The van der Waals surface area contributed by atoms with Crippen LogP contribution in [0.3, 0.4) is 0 Å². The second kappa shape index (κ2) is 5.41. The van der Waals surface area contributed by atoms with Crippen molar-refractivity contribution in [2.75, 3.05) is 20.3 Å². The van der Waals surface area contributed by atoms with E-state index >= 15 is 0 Å². The van der Waals surface area contributed by atoms with Crippen LogP contribution in [0.15, 0.2) is 6.20 Å². The van der Waals surface area contributed by atoms with E-state index in [2.05, 4.69) is 15.1 Å². The molecule has 1 aromatic rings. The molecule has 4 nitrogen and oxygen atoms in total. The van der Waals surface area contributed by atoms with E-state index in [0.717, 1.165) is 32.2 Å². The van der Waals surface area contributed by atoms with E-state index in [4.69, 9.17) is 4.74 Å². The van der Waals surface area contributed by atoms with Crippen LogP contribution in [0, 0.1) is 5.92 Å². The highest BCUT2D eigenvalue weighted by Crippen LogP contribution is 2.29. The SMILES string of the molecule is COC[C@H]1CNCc2cnn(CC3CCCC3)c21. The lowest BCUT2D eigenvalue weighted by Gasteiger charge is -2.25. The Labute approximate surface area is 109 Å². The smallest absolute Gasteiger partial charge is 0.0558 e. The molecule has 0 unspecified atom stereocenters. The first-order valence-corrected chi connectivity index (χ1v) is 7.12. The lowest BCUT2D eigenvalue weighted by atomic mass is 9.98. The molecule has 1 N–H and O–H groups in total. The first-order chi connectivity index (χ1) is 8.88. The lowest BCUT2D eigenvalue weighted by Crippen LogP contribution is -2.32. The van der Waals surface area contributed by atoms with E-state index in [1.54, 1.807) is 7.11 Å². The van der Waals surface area contributed by atoms with Gasteiger partial charge in [0.15, 0.2) is 0 Å². The Balaban J connectivity index is 1.79. The Kier molecular flexibility index (Phi) is 3.66. The Morgan fingerprint density at radius 3 is 3.06 bits per heavy atom. The number of nitrogens with one attached hydrogen (secondary N) is 1. The van der Waals surface area contributed by atoms with Crippen molar-refractivity contribution < 1.29 is 4.74 Å². The third kappa shape index (κ3) is 2.31. The van der Waals surface area contributed by atoms with E-state index in [9.17, 15) is 0 Å². The van der Waals surface area contributed by atoms with E-state index < -0.39 is 0 Å². The zero-order valence-corrected chi connectivity index (χ0v) is 11.2. The van der Waals surface area contributed by atoms with Crippen LogP contribution in [0.25, 0.3) is 0 Å². The van der Waals surface area contributed by atoms with E-state index in [1.165, 1.54) is 36.9 Å². The minimum Gasteiger partial charge on any atom is -0.384 e. The van der Waals surface area contributed by atoms with Crippen LogP contribution in [0.2, 0.25) is 0 Å². The highest BCUT2D eigenvalue weighted by molar-refractivity contribution is 5.25. The monoisotopic (exact) mass is 249 g/mol. The fraction of sp³-hybridized carbons (Fsp3) is 0.786. The van der Waals surface area contributed by atoms with Gasteiger partial charge in [0.1, 0.15) is 0 Å². The second-order valence-corrected chi connectivity index (χ2v) is 5.67. The molecular weight excluding hydrogens is 226 g/mol. The number of hydrogen-bond acceptors (Lipinski definition) is 3. The molecule has 1 aliphatic heterocycles. The predicted molar refractivity (Wildman–Crippen MR) is 70.5 cm³/mol. The van der Waals surface area contributed by atoms with Gasteiger partial charge in [0.25, 0.3) is 0 Å². The van der Waals surface area contributed by atoms with Gasteiger partial charge in [-0.15, -0.1) is 0 Å². The van der Waals surface area contributed by atoms with Crippen molar-refractivity contribution in [3.63, 3.8) is 0 Å². The standard InChI is InChI=1S/C14H23N3O/c1-18-10-13-7-15-6-12-8-16-17(14(12)13)9-11-4-2-3-5-11/h8,11,13,15H,2-7,9-10H2,1H3/t13-/m1/s1. The van der Waals surface area contributed by atoms with Crippen molar-refractivity contribution in [3.05, 3.63) is 17.5 Å². The van der Waals surface area contributed by atoms with E-state index in [1.807, 2.05) is 6.20 Å². The Hall–Kier alpha value is -0.870. The fourth-order valence-electron chi connectivity index (χ4n) is 3.44. The van der Waals surface area contributed by atoms with Crippen molar-refractivity contribution in [3.8, 4) is 0 Å². The van der Waals surface area contributed by atoms with Gasteiger partial charge >= 0.3 is 0 Å². The summed E-state index contributed by atoms with van der Waals surface area (Å²) >= 11 is 0. The molecule has 0 radical (unpaired) electrons. The zero-order valence-electron chi connectivity index (χ0n) is 11.2. The van der Waals surface area contributed by atoms with E-state index in [-0.39, 0.29) is 0 Å². The summed E-state index contributed by atoms with van der Waals surface area (Å²) in [6.07, 6.45) is 7.59. The molecule has 3 rings (SSSR count). The van der Waals surface area contributed by atoms with Crippen molar-refractivity contribution >= 4 is 0 Å². The number of nitrogens with zero attached hydrogens (tertiary/aromatic N) is 2. The molecule has 0 amide bonds. The third-order valence-electron chi connectivity index (χ3n) is 4.33. The Bertz CT molecular complexity index is 396. The average Bonchev–Trinajstić information content (AvgIpc) is 3.01. The molecule has 1 aliphatic carbocycles. The summed E-state index contributed by atoms with van der Waals surface area (Å²) in [6.45, 7) is 3.86. The minimum absolute atomic E-state index is 0.461. The number of methoxy groups -OCH3 is 1. The number of hydrogen-bond donors (Lipinski definition) is 1. The van der Waals surface area contributed by atoms with Crippen LogP contribution in [-0.4, -0.2) is 30.0 Å². The summed E-state index contributed by atoms with van der Waals surface area (Å²) in [5.74, 6) is 1.30. The summed E-state index contributed by atoms with van der Waals surface area (Å²) in [4.78, 5) is 0. The summed E-state index contributed by atoms with van der Waals surface area (Å²) in [7, 11) is 1.78. The van der Waals surface area contributed by atoms with Crippen LogP contribution in [0.5, 0.6) is 0 Å². The first kappa shape index (κ1) is 12.2. The Morgan fingerprint density at radius 1 is 1.44 bits per heavy atom. The van der Waals surface area contributed by atoms with Crippen LogP contribution in [0.4, 0.5) is 0 Å². The van der Waals surface area contributed by atoms with Crippen molar-refractivity contribution in [2.24, 2.45) is 5.92 Å². The molecule has 4 heteroatoms. The maximum atomic E-state index is 5.35. The van der Waals surface area contributed by atoms with Crippen molar-refractivity contribution in [2.45, 2.75) is 44.7 Å². The van der Waals surface area contributed by atoms with Gasteiger partial charge in [-0.25, -0.2) is 0 Å².